The van der Waals surface area contributed by atoms with E-state index < -0.39 is 11.9 Å². The molecule has 0 spiro atoms. The first-order chi connectivity index (χ1) is 8.82. The van der Waals surface area contributed by atoms with E-state index in [2.05, 4.69) is 20.6 Å². The minimum Gasteiger partial charge on any atom is -0.356 e. The molecular weight excluding hydrogens is 277 g/mol. The van der Waals surface area contributed by atoms with Crippen LogP contribution in [0.3, 0.4) is 0 Å². The topological polar surface area (TPSA) is 49.3 Å². The van der Waals surface area contributed by atoms with Gasteiger partial charge in [-0.15, -0.1) is 11.3 Å². The first kappa shape index (κ1) is 15.7. The zero-order chi connectivity index (χ0) is 14.5. The van der Waals surface area contributed by atoms with Gasteiger partial charge in [-0.25, -0.2) is 4.98 Å². The van der Waals surface area contributed by atoms with Crippen LogP contribution >= 0.6 is 11.3 Å². The highest BCUT2D eigenvalue weighted by atomic mass is 32.1. The molecule has 2 N–H and O–H groups in total. The molecule has 0 atom stereocenters. The van der Waals surface area contributed by atoms with Crippen molar-refractivity contribution >= 4 is 17.3 Å². The monoisotopic (exact) mass is 294 g/mol. The Morgan fingerprint density at radius 3 is 2.63 bits per heavy atom. The molecule has 0 aliphatic heterocycles. The van der Waals surface area contributed by atoms with Crippen molar-refractivity contribution in [3.05, 3.63) is 16.1 Å². The normalized spacial score (nSPS) is 12.9. The summed E-state index contributed by atoms with van der Waals surface area (Å²) in [6, 6.07) is 0.239. The summed E-state index contributed by atoms with van der Waals surface area (Å²) < 4.78 is 37.0. The standard InChI is InChI=1S/C11H17F3N4S/c1-7(2)17-10(15-3)16-5-4-9-18-8(6-19-9)11(12,13)14/h6-7H,4-5H2,1-3H3,(H2,15,16,17). The lowest BCUT2D eigenvalue weighted by Crippen LogP contribution is -2.41. The Balaban J connectivity index is 2.43. The van der Waals surface area contributed by atoms with Gasteiger partial charge in [-0.3, -0.25) is 4.99 Å². The third-order valence-electron chi connectivity index (χ3n) is 2.12. The number of nitrogens with one attached hydrogen (secondary N) is 2. The third-order valence-corrected chi connectivity index (χ3v) is 3.03. The number of thiazole rings is 1. The number of nitrogens with zero attached hydrogens (tertiary/aromatic N) is 2. The number of guanidine groups is 1. The molecule has 4 nitrogen and oxygen atoms in total. The summed E-state index contributed by atoms with van der Waals surface area (Å²) in [5.74, 6) is 0.627. The van der Waals surface area contributed by atoms with Crippen LogP contribution in [-0.2, 0) is 12.6 Å². The van der Waals surface area contributed by atoms with Crippen LogP contribution in [0.1, 0.15) is 24.5 Å². The second-order valence-electron chi connectivity index (χ2n) is 4.17. The Bertz CT molecular complexity index is 426. The molecule has 1 aromatic rings. The average molecular weight is 294 g/mol. The molecule has 0 aliphatic carbocycles. The summed E-state index contributed by atoms with van der Waals surface area (Å²) in [7, 11) is 1.64. The van der Waals surface area contributed by atoms with E-state index in [0.717, 1.165) is 16.7 Å². The molecule has 1 aromatic heterocycles. The lowest BCUT2D eigenvalue weighted by atomic mass is 10.4. The van der Waals surface area contributed by atoms with Gasteiger partial charge in [-0.05, 0) is 13.8 Å². The van der Waals surface area contributed by atoms with Crippen molar-refractivity contribution in [2.75, 3.05) is 13.6 Å². The van der Waals surface area contributed by atoms with Gasteiger partial charge < -0.3 is 10.6 Å². The van der Waals surface area contributed by atoms with E-state index in [1.165, 1.54) is 0 Å². The highest BCUT2D eigenvalue weighted by Gasteiger charge is 2.33. The van der Waals surface area contributed by atoms with Gasteiger partial charge in [-0.2, -0.15) is 13.2 Å². The van der Waals surface area contributed by atoms with Crippen molar-refractivity contribution in [1.29, 1.82) is 0 Å². The molecule has 108 valence electrons. The predicted octanol–water partition coefficient (Wildman–Crippen LogP) is 2.28. The zero-order valence-corrected chi connectivity index (χ0v) is 11.8. The third kappa shape index (κ3) is 5.46. The van der Waals surface area contributed by atoms with E-state index in [1.54, 1.807) is 7.05 Å². The molecule has 19 heavy (non-hydrogen) atoms. The quantitative estimate of drug-likeness (QED) is 0.661. The lowest BCUT2D eigenvalue weighted by molar-refractivity contribution is -0.140. The fraction of sp³-hybridized carbons (Fsp3) is 0.636. The Hall–Kier alpha value is -1.31. The van der Waals surface area contributed by atoms with Gasteiger partial charge in [0.05, 0.1) is 5.01 Å². The van der Waals surface area contributed by atoms with Crippen molar-refractivity contribution in [2.24, 2.45) is 4.99 Å². The number of rotatable bonds is 4. The van der Waals surface area contributed by atoms with Crippen molar-refractivity contribution in [3.63, 3.8) is 0 Å². The van der Waals surface area contributed by atoms with Gasteiger partial charge in [0, 0.05) is 31.4 Å². The Labute approximate surface area is 114 Å². The summed E-state index contributed by atoms with van der Waals surface area (Å²) in [5, 5.41) is 7.61. The Morgan fingerprint density at radius 2 is 2.16 bits per heavy atom. The first-order valence-electron chi connectivity index (χ1n) is 5.81. The van der Waals surface area contributed by atoms with Crippen LogP contribution in [0.25, 0.3) is 0 Å². The van der Waals surface area contributed by atoms with Crippen LogP contribution in [0.15, 0.2) is 10.4 Å². The molecule has 0 saturated carbocycles. The zero-order valence-electron chi connectivity index (χ0n) is 11.0. The van der Waals surface area contributed by atoms with Gasteiger partial charge in [0.1, 0.15) is 0 Å². The second kappa shape index (κ2) is 6.74. The molecule has 0 unspecified atom stereocenters. The number of halogens is 3. The van der Waals surface area contributed by atoms with Crippen LogP contribution in [0.5, 0.6) is 0 Å². The molecule has 1 rings (SSSR count). The van der Waals surface area contributed by atoms with Crippen molar-refractivity contribution < 1.29 is 13.2 Å². The first-order valence-corrected chi connectivity index (χ1v) is 6.69. The maximum absolute atomic E-state index is 12.3. The van der Waals surface area contributed by atoms with Crippen LogP contribution in [0.4, 0.5) is 13.2 Å². The van der Waals surface area contributed by atoms with E-state index in [-0.39, 0.29) is 6.04 Å². The lowest BCUT2D eigenvalue weighted by Gasteiger charge is -2.13. The smallest absolute Gasteiger partial charge is 0.356 e. The molecule has 0 amide bonds. The van der Waals surface area contributed by atoms with E-state index in [1.807, 2.05) is 13.8 Å². The van der Waals surface area contributed by atoms with E-state index in [9.17, 15) is 13.2 Å². The number of hydrogen-bond acceptors (Lipinski definition) is 3. The predicted molar refractivity (Wildman–Crippen MR) is 70.5 cm³/mol. The largest absolute Gasteiger partial charge is 0.434 e. The summed E-state index contributed by atoms with van der Waals surface area (Å²) in [6.07, 6.45) is -3.93. The Morgan fingerprint density at radius 1 is 1.47 bits per heavy atom. The highest BCUT2D eigenvalue weighted by Crippen LogP contribution is 2.29. The van der Waals surface area contributed by atoms with E-state index in [4.69, 9.17) is 0 Å². The molecule has 0 saturated heterocycles. The summed E-state index contributed by atoms with van der Waals surface area (Å²) in [5.41, 5.74) is -0.822. The summed E-state index contributed by atoms with van der Waals surface area (Å²) in [6.45, 7) is 4.43. The minimum atomic E-state index is -4.36. The number of alkyl halides is 3. The van der Waals surface area contributed by atoms with E-state index >= 15 is 0 Å². The van der Waals surface area contributed by atoms with Gasteiger partial charge >= 0.3 is 6.18 Å². The fourth-order valence-electron chi connectivity index (χ4n) is 1.31. The van der Waals surface area contributed by atoms with Crippen LogP contribution in [0.2, 0.25) is 0 Å². The average Bonchev–Trinajstić information content (AvgIpc) is 2.75. The maximum Gasteiger partial charge on any atom is 0.434 e. The van der Waals surface area contributed by atoms with Gasteiger partial charge in [-0.1, -0.05) is 0 Å². The van der Waals surface area contributed by atoms with E-state index in [0.29, 0.717) is 23.9 Å². The molecule has 0 aromatic carbocycles. The fourth-order valence-corrected chi connectivity index (χ4v) is 2.12. The van der Waals surface area contributed by atoms with Gasteiger partial charge in [0.2, 0.25) is 0 Å². The minimum absolute atomic E-state index is 0.239. The molecule has 8 heteroatoms. The van der Waals surface area contributed by atoms with Crippen molar-refractivity contribution in [3.8, 4) is 0 Å². The number of hydrogen-bond donors (Lipinski definition) is 2. The molecule has 1 heterocycles. The molecule has 0 fully saturated rings. The number of aliphatic imine (C=N–C) groups is 1. The molecular formula is C11H17F3N4S. The number of aromatic nitrogens is 1. The van der Waals surface area contributed by atoms with Gasteiger partial charge in [0.25, 0.3) is 0 Å². The molecule has 0 radical (unpaired) electrons. The van der Waals surface area contributed by atoms with Gasteiger partial charge in [0.15, 0.2) is 11.7 Å². The highest BCUT2D eigenvalue weighted by molar-refractivity contribution is 7.09. The molecule has 0 aliphatic rings. The Kier molecular flexibility index (Phi) is 5.59. The van der Waals surface area contributed by atoms with Crippen LogP contribution in [0, 0.1) is 0 Å². The SMILES string of the molecule is CN=C(NCCc1nc(C(F)(F)F)cs1)NC(C)C. The maximum atomic E-state index is 12.3. The summed E-state index contributed by atoms with van der Waals surface area (Å²) >= 11 is 1.02. The summed E-state index contributed by atoms with van der Waals surface area (Å²) in [4.78, 5) is 7.56. The second-order valence-corrected chi connectivity index (χ2v) is 5.11. The van der Waals surface area contributed by atoms with Crippen molar-refractivity contribution in [1.82, 2.24) is 15.6 Å². The van der Waals surface area contributed by atoms with Crippen LogP contribution in [-0.4, -0.2) is 30.6 Å². The molecule has 0 bridgehead atoms. The van der Waals surface area contributed by atoms with Crippen LogP contribution < -0.4 is 10.6 Å². The van der Waals surface area contributed by atoms with Crippen molar-refractivity contribution in [2.45, 2.75) is 32.5 Å².